The van der Waals surface area contributed by atoms with E-state index in [0.717, 1.165) is 11.5 Å². The van der Waals surface area contributed by atoms with Gasteiger partial charge in [0.15, 0.2) is 0 Å². The molecule has 0 radical (unpaired) electrons. The van der Waals surface area contributed by atoms with Crippen molar-refractivity contribution in [1.82, 2.24) is 0 Å². The fourth-order valence-electron chi connectivity index (χ4n) is 6.25. The van der Waals surface area contributed by atoms with Gasteiger partial charge in [-0.2, -0.15) is 0 Å². The van der Waals surface area contributed by atoms with Gasteiger partial charge in [0.2, 0.25) is 0 Å². The van der Waals surface area contributed by atoms with Gasteiger partial charge < -0.3 is 9.64 Å². The van der Waals surface area contributed by atoms with Crippen LogP contribution in [-0.2, 0) is 0 Å². The first-order valence-electron chi connectivity index (χ1n) is 12.0. The summed E-state index contributed by atoms with van der Waals surface area (Å²) in [6.45, 7) is 4.37. The minimum absolute atomic E-state index is 0.218. The maximum atomic E-state index is 6.58. The largest absolute Gasteiger partial charge is 0.457 e. The SMILES string of the molecule is Cc1ccc2c(c1)Oc1cc(N3C4CCCC3CCC4)ccc1C2c1ccccc1C. The molecule has 3 aromatic carbocycles. The van der Waals surface area contributed by atoms with Gasteiger partial charge in [0, 0.05) is 40.9 Å². The monoisotopic (exact) mass is 409 g/mol. The number of fused-ring (bicyclic) bond motifs is 4. The minimum atomic E-state index is 0.218. The van der Waals surface area contributed by atoms with Crippen molar-refractivity contribution in [2.75, 3.05) is 4.90 Å². The molecule has 3 aromatic rings. The van der Waals surface area contributed by atoms with Gasteiger partial charge in [-0.15, -0.1) is 0 Å². The van der Waals surface area contributed by atoms with Gasteiger partial charge in [-0.1, -0.05) is 42.5 Å². The number of aryl methyl sites for hydroxylation is 2. The van der Waals surface area contributed by atoms with Gasteiger partial charge in [0.1, 0.15) is 11.5 Å². The van der Waals surface area contributed by atoms with E-state index in [1.165, 1.54) is 72.0 Å². The average Bonchev–Trinajstić information content (AvgIpc) is 2.77. The lowest BCUT2D eigenvalue weighted by atomic mass is 9.80. The molecule has 0 spiro atoms. The molecule has 2 saturated heterocycles. The van der Waals surface area contributed by atoms with Gasteiger partial charge in [-0.05, 0) is 81.2 Å². The number of anilines is 1. The van der Waals surface area contributed by atoms with Crippen LogP contribution < -0.4 is 9.64 Å². The fraction of sp³-hybridized carbons (Fsp3) is 0.379. The van der Waals surface area contributed by atoms with Crippen LogP contribution in [0.2, 0.25) is 0 Å². The zero-order chi connectivity index (χ0) is 20.9. The average molecular weight is 410 g/mol. The van der Waals surface area contributed by atoms with Gasteiger partial charge in [0.25, 0.3) is 0 Å². The summed E-state index contributed by atoms with van der Waals surface area (Å²) in [4.78, 5) is 2.73. The number of benzene rings is 3. The number of hydrogen-bond acceptors (Lipinski definition) is 2. The van der Waals surface area contributed by atoms with Crippen molar-refractivity contribution in [1.29, 1.82) is 0 Å². The van der Waals surface area contributed by atoms with Gasteiger partial charge in [-0.25, -0.2) is 0 Å². The maximum Gasteiger partial charge on any atom is 0.133 e. The summed E-state index contributed by atoms with van der Waals surface area (Å²) in [6.07, 6.45) is 8.11. The molecule has 1 atom stereocenters. The zero-order valence-corrected chi connectivity index (χ0v) is 18.6. The Kier molecular flexibility index (Phi) is 4.56. The molecule has 3 heterocycles. The Hall–Kier alpha value is -2.74. The van der Waals surface area contributed by atoms with Gasteiger partial charge >= 0.3 is 0 Å². The van der Waals surface area contributed by atoms with E-state index >= 15 is 0 Å². The lowest BCUT2D eigenvalue weighted by molar-refractivity contribution is 0.296. The van der Waals surface area contributed by atoms with Crippen LogP contribution in [0.15, 0.2) is 60.7 Å². The number of nitrogens with zero attached hydrogens (tertiary/aromatic N) is 1. The smallest absolute Gasteiger partial charge is 0.133 e. The van der Waals surface area contributed by atoms with E-state index in [0.29, 0.717) is 12.1 Å². The Labute approximate surface area is 185 Å². The molecule has 6 rings (SSSR count). The van der Waals surface area contributed by atoms with Crippen LogP contribution in [0.4, 0.5) is 5.69 Å². The third-order valence-corrected chi connectivity index (χ3v) is 7.74. The quantitative estimate of drug-likeness (QED) is 0.340. The first kappa shape index (κ1) is 19.0. The molecule has 0 N–H and O–H groups in total. The molecule has 0 amide bonds. The topological polar surface area (TPSA) is 12.5 Å². The van der Waals surface area contributed by atoms with E-state index in [1.807, 2.05) is 0 Å². The summed E-state index contributed by atoms with van der Waals surface area (Å²) in [6, 6.07) is 23.9. The Balaban J connectivity index is 1.48. The van der Waals surface area contributed by atoms with Crippen molar-refractivity contribution in [2.24, 2.45) is 0 Å². The van der Waals surface area contributed by atoms with Crippen molar-refractivity contribution >= 4 is 5.69 Å². The summed E-state index contributed by atoms with van der Waals surface area (Å²) < 4.78 is 6.58. The Bertz CT molecular complexity index is 1110. The molecule has 158 valence electrons. The van der Waals surface area contributed by atoms with Crippen molar-refractivity contribution in [2.45, 2.75) is 70.4 Å². The molecule has 2 heteroatoms. The van der Waals surface area contributed by atoms with Crippen LogP contribution >= 0.6 is 0 Å². The summed E-state index contributed by atoms with van der Waals surface area (Å²) in [5.74, 6) is 2.26. The summed E-state index contributed by atoms with van der Waals surface area (Å²) in [5, 5.41) is 0. The van der Waals surface area contributed by atoms with Crippen molar-refractivity contribution < 1.29 is 4.74 Å². The predicted molar refractivity (Wildman–Crippen MR) is 128 cm³/mol. The highest BCUT2D eigenvalue weighted by molar-refractivity contribution is 5.65. The van der Waals surface area contributed by atoms with Crippen molar-refractivity contribution in [3.63, 3.8) is 0 Å². The second-order valence-corrected chi connectivity index (χ2v) is 9.73. The Morgan fingerprint density at radius 2 is 1.35 bits per heavy atom. The Morgan fingerprint density at radius 1 is 0.710 bits per heavy atom. The van der Waals surface area contributed by atoms with Crippen LogP contribution in [0.3, 0.4) is 0 Å². The number of piperidine rings is 2. The van der Waals surface area contributed by atoms with Crippen LogP contribution in [0.1, 0.15) is 72.3 Å². The normalized spacial score (nSPS) is 24.2. The summed E-state index contributed by atoms with van der Waals surface area (Å²) >= 11 is 0. The molecule has 3 aliphatic rings. The van der Waals surface area contributed by atoms with E-state index in [2.05, 4.69) is 79.4 Å². The number of rotatable bonds is 2. The molecular weight excluding hydrogens is 378 g/mol. The van der Waals surface area contributed by atoms with E-state index in [-0.39, 0.29) is 5.92 Å². The van der Waals surface area contributed by atoms with Gasteiger partial charge in [0.05, 0.1) is 0 Å². The van der Waals surface area contributed by atoms with Crippen LogP contribution in [0.5, 0.6) is 11.5 Å². The standard InChI is InChI=1S/C29H31NO/c1-19-13-15-25-27(17-19)31-28-18-23(30-21-8-5-9-22(30)11-6-10-21)14-16-26(28)29(25)24-12-4-3-7-20(24)2/h3-4,7,12-18,21-22,29H,5-6,8-11H2,1-2H3. The molecule has 1 unspecified atom stereocenters. The second kappa shape index (κ2) is 7.44. The minimum Gasteiger partial charge on any atom is -0.457 e. The van der Waals surface area contributed by atoms with Crippen molar-refractivity contribution in [3.8, 4) is 11.5 Å². The molecule has 31 heavy (non-hydrogen) atoms. The summed E-state index contributed by atoms with van der Waals surface area (Å²) in [7, 11) is 0. The first-order valence-corrected chi connectivity index (χ1v) is 12.0. The maximum absolute atomic E-state index is 6.58. The molecular formula is C29H31NO. The van der Waals surface area contributed by atoms with E-state index in [1.54, 1.807) is 0 Å². The lowest BCUT2D eigenvalue weighted by Crippen LogP contribution is -2.49. The molecule has 2 fully saturated rings. The van der Waals surface area contributed by atoms with E-state index in [9.17, 15) is 0 Å². The third-order valence-electron chi connectivity index (χ3n) is 7.74. The van der Waals surface area contributed by atoms with E-state index < -0.39 is 0 Å². The second-order valence-electron chi connectivity index (χ2n) is 9.73. The molecule has 0 aliphatic carbocycles. The fourth-order valence-corrected chi connectivity index (χ4v) is 6.25. The molecule has 0 saturated carbocycles. The predicted octanol–water partition coefficient (Wildman–Crippen LogP) is 7.50. The molecule has 2 nitrogen and oxygen atoms in total. The summed E-state index contributed by atoms with van der Waals surface area (Å²) in [5.41, 5.74) is 7.87. The highest BCUT2D eigenvalue weighted by Crippen LogP contribution is 2.50. The molecule has 2 bridgehead atoms. The van der Waals surface area contributed by atoms with Crippen molar-refractivity contribution in [3.05, 3.63) is 88.5 Å². The molecule has 0 aromatic heterocycles. The van der Waals surface area contributed by atoms with Crippen LogP contribution in [-0.4, -0.2) is 12.1 Å². The van der Waals surface area contributed by atoms with Crippen LogP contribution in [0, 0.1) is 13.8 Å². The van der Waals surface area contributed by atoms with E-state index in [4.69, 9.17) is 4.74 Å². The highest BCUT2D eigenvalue weighted by Gasteiger charge is 2.35. The molecule has 3 aliphatic heterocycles. The van der Waals surface area contributed by atoms with Gasteiger partial charge in [-0.3, -0.25) is 0 Å². The number of hydrogen-bond donors (Lipinski definition) is 0. The highest BCUT2D eigenvalue weighted by atomic mass is 16.5. The van der Waals surface area contributed by atoms with Crippen LogP contribution in [0.25, 0.3) is 0 Å². The Morgan fingerprint density at radius 3 is 2.06 bits per heavy atom. The zero-order valence-electron chi connectivity index (χ0n) is 18.6. The lowest BCUT2D eigenvalue weighted by Gasteiger charge is -2.48. The number of ether oxygens (including phenoxy) is 1. The third kappa shape index (κ3) is 3.15. The first-order chi connectivity index (χ1) is 15.2.